The lowest BCUT2D eigenvalue weighted by Crippen LogP contribution is -2.49. The van der Waals surface area contributed by atoms with E-state index in [4.69, 9.17) is 0 Å². The molecular weight excluding hydrogens is 340 g/mol. The summed E-state index contributed by atoms with van der Waals surface area (Å²) in [6.45, 7) is 2.69. The molecule has 0 bridgehead atoms. The minimum Gasteiger partial charge on any atom is -0.354 e. The summed E-state index contributed by atoms with van der Waals surface area (Å²) in [6.07, 6.45) is 6.80. The normalized spacial score (nSPS) is 14.1. The number of amides is 1. The van der Waals surface area contributed by atoms with Crippen molar-refractivity contribution in [3.8, 4) is 0 Å². The summed E-state index contributed by atoms with van der Waals surface area (Å²) in [7, 11) is 0. The molecule has 3 heterocycles. The lowest BCUT2D eigenvalue weighted by Gasteiger charge is -2.34. The van der Waals surface area contributed by atoms with Gasteiger partial charge in [-0.15, -0.1) is 0 Å². The van der Waals surface area contributed by atoms with E-state index in [1.165, 1.54) is 0 Å². The van der Waals surface area contributed by atoms with Crippen molar-refractivity contribution in [2.75, 3.05) is 36.4 Å². The number of pyridine rings is 1. The van der Waals surface area contributed by atoms with Crippen molar-refractivity contribution in [1.82, 2.24) is 19.9 Å². The molecule has 1 N–H and O–H groups in total. The van der Waals surface area contributed by atoms with E-state index in [1.807, 2.05) is 41.3 Å². The Hall–Kier alpha value is -3.48. The molecule has 0 saturated carbocycles. The molecule has 4 rings (SSSR count). The monoisotopic (exact) mass is 360 g/mol. The Bertz CT molecular complexity index is 895. The van der Waals surface area contributed by atoms with Crippen molar-refractivity contribution in [1.29, 1.82) is 0 Å². The molecule has 1 aliphatic rings. The lowest BCUT2D eigenvalue weighted by molar-refractivity contribution is 0.0746. The van der Waals surface area contributed by atoms with E-state index in [-0.39, 0.29) is 5.91 Å². The zero-order valence-corrected chi connectivity index (χ0v) is 14.8. The van der Waals surface area contributed by atoms with E-state index in [2.05, 4.69) is 25.2 Å². The van der Waals surface area contributed by atoms with Gasteiger partial charge in [-0.05, 0) is 24.3 Å². The fourth-order valence-corrected chi connectivity index (χ4v) is 3.06. The van der Waals surface area contributed by atoms with Gasteiger partial charge in [0.05, 0.1) is 17.4 Å². The number of nitrogens with zero attached hydrogens (tertiary/aromatic N) is 5. The third-order valence-corrected chi connectivity index (χ3v) is 4.45. The number of carbonyl (C=O) groups excluding carboxylic acids is 1. The Kier molecular flexibility index (Phi) is 4.91. The molecular formula is C20H20N6O. The SMILES string of the molecule is O=C(c1cncc(Nc2ccccc2)c1)N1CCN(c2ncccn2)CC1. The maximum Gasteiger partial charge on any atom is 0.255 e. The second-order valence-electron chi connectivity index (χ2n) is 6.28. The smallest absolute Gasteiger partial charge is 0.255 e. The second kappa shape index (κ2) is 7.82. The van der Waals surface area contributed by atoms with Crippen molar-refractivity contribution in [2.24, 2.45) is 0 Å². The van der Waals surface area contributed by atoms with Gasteiger partial charge < -0.3 is 15.1 Å². The van der Waals surface area contributed by atoms with Crippen LogP contribution in [0.3, 0.4) is 0 Å². The quantitative estimate of drug-likeness (QED) is 0.771. The first-order chi connectivity index (χ1) is 13.3. The summed E-state index contributed by atoms with van der Waals surface area (Å²) in [4.78, 5) is 29.6. The summed E-state index contributed by atoms with van der Waals surface area (Å²) in [6, 6.07) is 13.5. The molecule has 1 fully saturated rings. The average molecular weight is 360 g/mol. The summed E-state index contributed by atoms with van der Waals surface area (Å²) in [5, 5.41) is 3.27. The Labute approximate surface area is 157 Å². The molecule has 27 heavy (non-hydrogen) atoms. The number of hydrogen-bond acceptors (Lipinski definition) is 6. The highest BCUT2D eigenvalue weighted by Gasteiger charge is 2.23. The highest BCUT2D eigenvalue weighted by Crippen LogP contribution is 2.18. The first-order valence-electron chi connectivity index (χ1n) is 8.88. The van der Waals surface area contributed by atoms with Gasteiger partial charge in [-0.1, -0.05) is 18.2 Å². The van der Waals surface area contributed by atoms with Crippen LogP contribution in [0.4, 0.5) is 17.3 Å². The molecule has 1 aromatic carbocycles. The number of aromatic nitrogens is 3. The van der Waals surface area contributed by atoms with E-state index in [9.17, 15) is 4.79 Å². The maximum atomic E-state index is 12.9. The van der Waals surface area contributed by atoms with Gasteiger partial charge in [0.1, 0.15) is 0 Å². The fourth-order valence-electron chi connectivity index (χ4n) is 3.06. The highest BCUT2D eigenvalue weighted by atomic mass is 16.2. The highest BCUT2D eigenvalue weighted by molar-refractivity contribution is 5.95. The lowest BCUT2D eigenvalue weighted by atomic mass is 10.2. The first kappa shape index (κ1) is 17.0. The van der Waals surface area contributed by atoms with Gasteiger partial charge in [-0.2, -0.15) is 0 Å². The molecule has 7 heteroatoms. The number of rotatable bonds is 4. The van der Waals surface area contributed by atoms with Crippen molar-refractivity contribution in [3.05, 3.63) is 72.8 Å². The summed E-state index contributed by atoms with van der Waals surface area (Å²) < 4.78 is 0. The number of anilines is 3. The predicted octanol–water partition coefficient (Wildman–Crippen LogP) is 2.58. The Morgan fingerprint density at radius 2 is 1.63 bits per heavy atom. The van der Waals surface area contributed by atoms with Crippen LogP contribution >= 0.6 is 0 Å². The summed E-state index contributed by atoms with van der Waals surface area (Å²) in [5.74, 6) is 0.702. The maximum absolute atomic E-state index is 12.9. The van der Waals surface area contributed by atoms with Crippen LogP contribution in [-0.4, -0.2) is 51.9 Å². The zero-order chi connectivity index (χ0) is 18.5. The van der Waals surface area contributed by atoms with Crippen LogP contribution < -0.4 is 10.2 Å². The topological polar surface area (TPSA) is 74.2 Å². The Morgan fingerprint density at radius 3 is 2.37 bits per heavy atom. The average Bonchev–Trinajstić information content (AvgIpc) is 2.75. The fraction of sp³-hybridized carbons (Fsp3) is 0.200. The molecule has 7 nitrogen and oxygen atoms in total. The molecule has 3 aromatic rings. The number of para-hydroxylation sites is 1. The van der Waals surface area contributed by atoms with Gasteiger partial charge in [0.2, 0.25) is 5.95 Å². The minimum atomic E-state index is -0.00663. The second-order valence-corrected chi connectivity index (χ2v) is 6.28. The zero-order valence-electron chi connectivity index (χ0n) is 14.8. The van der Waals surface area contributed by atoms with E-state index < -0.39 is 0 Å². The van der Waals surface area contributed by atoms with Gasteiger partial charge in [0, 0.05) is 50.5 Å². The molecule has 1 saturated heterocycles. The molecule has 136 valence electrons. The van der Waals surface area contributed by atoms with Crippen LogP contribution in [0.1, 0.15) is 10.4 Å². The predicted molar refractivity (Wildman–Crippen MR) is 104 cm³/mol. The number of nitrogens with one attached hydrogen (secondary N) is 1. The van der Waals surface area contributed by atoms with E-state index in [1.54, 1.807) is 30.9 Å². The molecule has 0 spiro atoms. The first-order valence-corrected chi connectivity index (χ1v) is 8.88. The molecule has 1 amide bonds. The third kappa shape index (κ3) is 4.03. The van der Waals surface area contributed by atoms with E-state index >= 15 is 0 Å². The molecule has 0 unspecified atom stereocenters. The van der Waals surface area contributed by atoms with E-state index in [0.717, 1.165) is 11.4 Å². The Morgan fingerprint density at radius 1 is 0.889 bits per heavy atom. The molecule has 0 atom stereocenters. The number of piperazine rings is 1. The van der Waals surface area contributed by atoms with Gasteiger partial charge in [0.15, 0.2) is 0 Å². The van der Waals surface area contributed by atoms with Gasteiger partial charge >= 0.3 is 0 Å². The number of benzene rings is 1. The van der Waals surface area contributed by atoms with Crippen LogP contribution in [0.5, 0.6) is 0 Å². The minimum absolute atomic E-state index is 0.00663. The van der Waals surface area contributed by atoms with Crippen molar-refractivity contribution < 1.29 is 4.79 Å². The van der Waals surface area contributed by atoms with Crippen molar-refractivity contribution >= 4 is 23.2 Å². The van der Waals surface area contributed by atoms with E-state index in [0.29, 0.717) is 37.7 Å². The largest absolute Gasteiger partial charge is 0.354 e. The third-order valence-electron chi connectivity index (χ3n) is 4.45. The van der Waals surface area contributed by atoms with Crippen molar-refractivity contribution in [2.45, 2.75) is 0 Å². The molecule has 1 aliphatic heterocycles. The Balaban J connectivity index is 1.41. The van der Waals surface area contributed by atoms with Crippen molar-refractivity contribution in [3.63, 3.8) is 0 Å². The molecule has 0 aliphatic carbocycles. The molecule has 2 aromatic heterocycles. The van der Waals surface area contributed by atoms with Crippen LogP contribution in [0.2, 0.25) is 0 Å². The van der Waals surface area contributed by atoms with Gasteiger partial charge in [-0.25, -0.2) is 9.97 Å². The van der Waals surface area contributed by atoms with Gasteiger partial charge in [0.25, 0.3) is 5.91 Å². The summed E-state index contributed by atoms with van der Waals surface area (Å²) in [5.41, 5.74) is 2.34. The number of hydrogen-bond donors (Lipinski definition) is 1. The standard InChI is InChI=1S/C20H20N6O/c27-19(25-9-11-26(12-10-25)20-22-7-4-8-23-20)16-13-18(15-21-14-16)24-17-5-2-1-3-6-17/h1-8,13-15,24H,9-12H2. The summed E-state index contributed by atoms with van der Waals surface area (Å²) >= 11 is 0. The van der Waals surface area contributed by atoms with Crippen LogP contribution in [0.25, 0.3) is 0 Å². The van der Waals surface area contributed by atoms with Crippen LogP contribution in [-0.2, 0) is 0 Å². The van der Waals surface area contributed by atoms with Crippen LogP contribution in [0.15, 0.2) is 67.3 Å². The van der Waals surface area contributed by atoms with Gasteiger partial charge in [-0.3, -0.25) is 9.78 Å². The number of carbonyl (C=O) groups is 1. The molecule has 0 radical (unpaired) electrons. The van der Waals surface area contributed by atoms with Crippen LogP contribution in [0, 0.1) is 0 Å².